The van der Waals surface area contributed by atoms with E-state index in [4.69, 9.17) is 16.3 Å². The second-order valence-electron chi connectivity index (χ2n) is 9.94. The summed E-state index contributed by atoms with van der Waals surface area (Å²) in [6.45, 7) is 0.0116. The zero-order valence-corrected chi connectivity index (χ0v) is 21.1. The molecule has 0 unspecified atom stereocenters. The molecule has 8 nitrogen and oxygen atoms in total. The molecule has 198 valence electrons. The van der Waals surface area contributed by atoms with Crippen LogP contribution in [-0.4, -0.2) is 30.2 Å². The van der Waals surface area contributed by atoms with Gasteiger partial charge in [0.25, 0.3) is 5.91 Å². The highest BCUT2D eigenvalue weighted by Crippen LogP contribution is 2.46. The van der Waals surface area contributed by atoms with E-state index in [9.17, 15) is 28.7 Å². The van der Waals surface area contributed by atoms with Crippen LogP contribution in [0.15, 0.2) is 48.5 Å². The van der Waals surface area contributed by atoms with Crippen LogP contribution in [0.1, 0.15) is 52.0 Å². The Morgan fingerprint density at radius 1 is 1.18 bits per heavy atom. The number of carbonyl (C=O) groups is 2. The van der Waals surface area contributed by atoms with E-state index in [1.165, 1.54) is 53.4 Å². The second-order valence-corrected chi connectivity index (χ2v) is 10.4. The monoisotopic (exact) mass is 550 g/mol. The Balaban J connectivity index is 1.40. The van der Waals surface area contributed by atoms with Gasteiger partial charge in [0, 0.05) is 27.8 Å². The van der Waals surface area contributed by atoms with Crippen molar-refractivity contribution in [1.29, 1.82) is 5.26 Å². The van der Waals surface area contributed by atoms with Gasteiger partial charge in [-0.25, -0.2) is 13.6 Å². The lowest BCUT2D eigenvalue weighted by Gasteiger charge is -2.22. The van der Waals surface area contributed by atoms with Crippen LogP contribution in [0.3, 0.4) is 0 Å². The molecule has 0 saturated heterocycles. The fraction of sp³-hybridized carbons (Fsp3) is 0.250. The highest BCUT2D eigenvalue weighted by atomic mass is 35.5. The first-order valence-electron chi connectivity index (χ1n) is 12.2. The first-order valence-corrected chi connectivity index (χ1v) is 12.6. The van der Waals surface area contributed by atoms with Gasteiger partial charge in [0.15, 0.2) is 0 Å². The number of nitriles is 1. The molecule has 2 atom stereocenters. The number of benzene rings is 3. The van der Waals surface area contributed by atoms with Gasteiger partial charge in [-0.05, 0) is 55.3 Å². The Kier molecular flexibility index (Phi) is 5.93. The Morgan fingerprint density at radius 2 is 1.90 bits per heavy atom. The Labute approximate surface area is 226 Å². The minimum absolute atomic E-state index is 0.107. The molecule has 39 heavy (non-hydrogen) atoms. The van der Waals surface area contributed by atoms with Gasteiger partial charge in [-0.1, -0.05) is 11.6 Å². The summed E-state index contributed by atoms with van der Waals surface area (Å²) in [5.74, 6) is -1.31. The van der Waals surface area contributed by atoms with Crippen LogP contribution in [0.4, 0.5) is 25.0 Å². The van der Waals surface area contributed by atoms with E-state index in [1.807, 2.05) is 0 Å². The summed E-state index contributed by atoms with van der Waals surface area (Å²) in [6, 6.07) is 11.3. The minimum atomic E-state index is -1.08. The molecule has 0 bridgehead atoms. The maximum atomic E-state index is 14.2. The Morgan fingerprint density at radius 3 is 2.62 bits per heavy atom. The lowest BCUT2D eigenvalue weighted by atomic mass is 9.96. The smallest absolute Gasteiger partial charge is 0.326 e. The van der Waals surface area contributed by atoms with Crippen molar-refractivity contribution in [1.82, 2.24) is 5.32 Å². The number of fused-ring (bicyclic) bond motifs is 2. The maximum absolute atomic E-state index is 14.2. The molecular formula is C28H21ClF2N4O4. The number of hydrogen-bond donors (Lipinski definition) is 3. The van der Waals surface area contributed by atoms with Gasteiger partial charge < -0.3 is 20.5 Å². The van der Waals surface area contributed by atoms with Crippen LogP contribution in [0, 0.1) is 28.4 Å². The van der Waals surface area contributed by atoms with E-state index in [0.29, 0.717) is 29.7 Å². The van der Waals surface area contributed by atoms with Crippen LogP contribution in [0.25, 0.3) is 0 Å². The zero-order valence-electron chi connectivity index (χ0n) is 20.3. The molecule has 2 heterocycles. The highest BCUT2D eigenvalue weighted by molar-refractivity contribution is 6.31. The van der Waals surface area contributed by atoms with Gasteiger partial charge >= 0.3 is 6.03 Å². The highest BCUT2D eigenvalue weighted by Gasteiger charge is 2.44. The number of nitrogens with one attached hydrogen (secondary N) is 2. The van der Waals surface area contributed by atoms with Crippen molar-refractivity contribution in [2.45, 2.75) is 25.0 Å². The SMILES string of the molecule is N#CC1(COc2cc(NC(=O)N3C[C@@H](O)c4cc(F)ccc43)c3c(c2)C(=O)N[C@H]3c2cc(F)ccc2Cl)CC1. The van der Waals surface area contributed by atoms with Crippen molar-refractivity contribution >= 4 is 34.9 Å². The molecule has 1 fully saturated rings. The molecule has 3 aromatic carbocycles. The summed E-state index contributed by atoms with van der Waals surface area (Å²) in [4.78, 5) is 27.8. The molecule has 0 aromatic heterocycles. The summed E-state index contributed by atoms with van der Waals surface area (Å²) < 4.78 is 33.8. The van der Waals surface area contributed by atoms with Gasteiger partial charge in [-0.3, -0.25) is 9.69 Å². The summed E-state index contributed by atoms with van der Waals surface area (Å²) >= 11 is 6.36. The van der Waals surface area contributed by atoms with Crippen molar-refractivity contribution in [3.8, 4) is 11.8 Å². The average Bonchev–Trinajstić information content (AvgIpc) is 3.53. The number of carbonyl (C=O) groups excluding carboxylic acids is 2. The molecule has 11 heteroatoms. The third-order valence-corrected chi connectivity index (χ3v) is 7.66. The molecule has 2 aliphatic heterocycles. The lowest BCUT2D eigenvalue weighted by Crippen LogP contribution is -2.34. The zero-order chi connectivity index (χ0) is 27.5. The van der Waals surface area contributed by atoms with E-state index >= 15 is 0 Å². The standard InChI is InChI=1S/C28H21ClF2N4O4/c29-20-3-1-14(30)7-17(20)25-24-19(26(37)34-25)9-16(39-13-28(12-32)5-6-28)10-21(24)33-27(38)35-11-23(36)18-8-15(31)2-4-22(18)35/h1-4,7-10,23,25,36H,5-6,11,13H2,(H,33,38)(H,34,37)/t23-,25+/m1/s1. The molecule has 3 aliphatic rings. The summed E-state index contributed by atoms with van der Waals surface area (Å²) in [5, 5.41) is 25.6. The Hall–Kier alpha value is -4.20. The Bertz CT molecular complexity index is 1590. The van der Waals surface area contributed by atoms with Crippen molar-refractivity contribution in [2.75, 3.05) is 23.4 Å². The number of nitrogens with zero attached hydrogens (tertiary/aromatic N) is 2. The van der Waals surface area contributed by atoms with Crippen molar-refractivity contribution < 1.29 is 28.2 Å². The largest absolute Gasteiger partial charge is 0.492 e. The fourth-order valence-electron chi connectivity index (χ4n) is 5.01. The molecule has 3 N–H and O–H groups in total. The first kappa shape index (κ1) is 25.1. The molecule has 1 saturated carbocycles. The summed E-state index contributed by atoms with van der Waals surface area (Å²) in [6.07, 6.45) is 0.330. The van der Waals surface area contributed by atoms with Gasteiger partial charge in [-0.2, -0.15) is 5.26 Å². The maximum Gasteiger partial charge on any atom is 0.326 e. The number of rotatable bonds is 5. The number of amides is 3. The predicted molar refractivity (Wildman–Crippen MR) is 138 cm³/mol. The van der Waals surface area contributed by atoms with Crippen LogP contribution in [-0.2, 0) is 0 Å². The number of halogens is 3. The quantitative estimate of drug-likeness (QED) is 0.403. The number of ether oxygens (including phenoxy) is 1. The van der Waals surface area contributed by atoms with Gasteiger partial charge in [0.2, 0.25) is 0 Å². The van der Waals surface area contributed by atoms with Crippen molar-refractivity contribution in [3.63, 3.8) is 0 Å². The molecule has 0 spiro atoms. The van der Waals surface area contributed by atoms with Crippen LogP contribution in [0.2, 0.25) is 5.02 Å². The first-order chi connectivity index (χ1) is 18.7. The molecule has 1 aliphatic carbocycles. The number of β-amino-alcohol motifs (C(OH)–C–C–N with tert-alkyl or cyclic N) is 1. The van der Waals surface area contributed by atoms with E-state index in [2.05, 4.69) is 16.7 Å². The molecule has 3 amide bonds. The van der Waals surface area contributed by atoms with Crippen LogP contribution >= 0.6 is 11.6 Å². The van der Waals surface area contributed by atoms with Crippen molar-refractivity contribution in [2.24, 2.45) is 5.41 Å². The normalized spacial score (nSPS) is 20.1. The minimum Gasteiger partial charge on any atom is -0.492 e. The summed E-state index contributed by atoms with van der Waals surface area (Å²) in [7, 11) is 0. The number of hydrogen-bond acceptors (Lipinski definition) is 5. The number of aliphatic hydroxyl groups is 1. The van der Waals surface area contributed by atoms with Crippen LogP contribution in [0.5, 0.6) is 5.75 Å². The van der Waals surface area contributed by atoms with Crippen molar-refractivity contribution in [3.05, 3.63) is 87.4 Å². The van der Waals surface area contributed by atoms with Gasteiger partial charge in [0.05, 0.1) is 47.1 Å². The number of aliphatic hydroxyl groups excluding tert-OH is 1. The molecule has 6 rings (SSSR count). The topological polar surface area (TPSA) is 115 Å². The van der Waals surface area contributed by atoms with Gasteiger partial charge in [0.1, 0.15) is 24.0 Å². The van der Waals surface area contributed by atoms with E-state index in [-0.39, 0.29) is 40.7 Å². The molecule has 0 radical (unpaired) electrons. The van der Waals surface area contributed by atoms with E-state index < -0.39 is 41.1 Å². The predicted octanol–water partition coefficient (Wildman–Crippen LogP) is 5.22. The number of urea groups is 1. The number of anilines is 2. The van der Waals surface area contributed by atoms with E-state index in [0.717, 1.165) is 0 Å². The van der Waals surface area contributed by atoms with Crippen LogP contribution < -0.4 is 20.3 Å². The molecule has 3 aromatic rings. The lowest BCUT2D eigenvalue weighted by molar-refractivity contribution is 0.0960. The summed E-state index contributed by atoms with van der Waals surface area (Å²) in [5.41, 5.74) is 1.09. The van der Waals surface area contributed by atoms with E-state index in [1.54, 1.807) is 0 Å². The van der Waals surface area contributed by atoms with Gasteiger partial charge in [-0.15, -0.1) is 0 Å². The molecular weight excluding hydrogens is 530 g/mol. The third kappa shape index (κ3) is 4.43. The third-order valence-electron chi connectivity index (χ3n) is 7.32. The average molecular weight is 551 g/mol. The fourth-order valence-corrected chi connectivity index (χ4v) is 5.23. The second kappa shape index (κ2) is 9.22.